The van der Waals surface area contributed by atoms with Gasteiger partial charge < -0.3 is 19.9 Å². The number of benzene rings is 2. The molecule has 0 aliphatic heterocycles. The molecule has 0 aliphatic rings. The van der Waals surface area contributed by atoms with Crippen LogP contribution in [-0.4, -0.2) is 40.3 Å². The van der Waals surface area contributed by atoms with Gasteiger partial charge in [0.1, 0.15) is 4.90 Å². The number of hydrogen-bond acceptors (Lipinski definition) is 6. The summed E-state index contributed by atoms with van der Waals surface area (Å²) in [6, 6.07) is 9.22. The summed E-state index contributed by atoms with van der Waals surface area (Å²) in [5.41, 5.74) is 1.05. The first-order valence-corrected chi connectivity index (χ1v) is 9.16. The van der Waals surface area contributed by atoms with Crippen molar-refractivity contribution >= 4 is 21.7 Å². The molecule has 0 heterocycles. The van der Waals surface area contributed by atoms with Gasteiger partial charge in [-0.05, 0) is 42.3 Å². The number of hydrogen-bond donors (Lipinski definition) is 3. The molecule has 9 heteroatoms. The fourth-order valence-electron chi connectivity index (χ4n) is 2.41. The van der Waals surface area contributed by atoms with Crippen LogP contribution in [-0.2, 0) is 16.4 Å². The van der Waals surface area contributed by atoms with Crippen molar-refractivity contribution in [2.45, 2.75) is 11.3 Å². The number of aromatic carboxylic acids is 1. The average Bonchev–Trinajstić information content (AvgIpc) is 2.60. The average molecular weight is 380 g/mol. The Balaban J connectivity index is 2.16. The summed E-state index contributed by atoms with van der Waals surface area (Å²) in [6.07, 6.45) is 0.574. The van der Waals surface area contributed by atoms with Crippen molar-refractivity contribution in [3.63, 3.8) is 0 Å². The van der Waals surface area contributed by atoms with Crippen molar-refractivity contribution < 1.29 is 27.8 Å². The van der Waals surface area contributed by atoms with Crippen LogP contribution >= 0.6 is 0 Å². The highest BCUT2D eigenvalue weighted by atomic mass is 32.2. The molecule has 0 saturated carbocycles. The first-order chi connectivity index (χ1) is 12.3. The van der Waals surface area contributed by atoms with E-state index in [0.717, 1.165) is 11.6 Å². The minimum atomic E-state index is -4.07. The standard InChI is InChI=1S/C17H20N2O6S/c1-24-14-6-3-11(9-15(14)25-2)7-8-19-13-5-4-12(17(20)21)10-16(13)26(18,22)23/h3-6,9-10,19H,7-8H2,1-2H3,(H,20,21)(H2,18,22,23). The molecule has 0 saturated heterocycles. The Morgan fingerprint density at radius 1 is 1.12 bits per heavy atom. The first-order valence-electron chi connectivity index (χ1n) is 7.61. The van der Waals surface area contributed by atoms with Crippen molar-refractivity contribution in [2.75, 3.05) is 26.1 Å². The van der Waals surface area contributed by atoms with Crippen LogP contribution in [0.15, 0.2) is 41.3 Å². The summed E-state index contributed by atoms with van der Waals surface area (Å²) in [6.45, 7) is 0.407. The van der Waals surface area contributed by atoms with E-state index in [4.69, 9.17) is 19.7 Å². The molecule has 0 aliphatic carbocycles. The zero-order valence-electron chi connectivity index (χ0n) is 14.4. The third-order valence-corrected chi connectivity index (χ3v) is 4.66. The van der Waals surface area contributed by atoms with E-state index in [9.17, 15) is 13.2 Å². The molecule has 140 valence electrons. The molecule has 0 fully saturated rings. The number of carbonyl (C=O) groups is 1. The van der Waals surface area contributed by atoms with Crippen molar-refractivity contribution in [3.05, 3.63) is 47.5 Å². The zero-order chi connectivity index (χ0) is 19.3. The smallest absolute Gasteiger partial charge is 0.335 e. The molecule has 26 heavy (non-hydrogen) atoms. The minimum Gasteiger partial charge on any atom is -0.493 e. The predicted molar refractivity (Wildman–Crippen MR) is 96.5 cm³/mol. The lowest BCUT2D eigenvalue weighted by Crippen LogP contribution is -2.17. The van der Waals surface area contributed by atoms with Crippen LogP contribution in [0.2, 0.25) is 0 Å². The molecule has 0 amide bonds. The van der Waals surface area contributed by atoms with Gasteiger partial charge in [0.2, 0.25) is 10.0 Å². The van der Waals surface area contributed by atoms with Gasteiger partial charge in [-0.2, -0.15) is 0 Å². The summed E-state index contributed by atoms with van der Waals surface area (Å²) in [5, 5.41) is 17.2. The highest BCUT2D eigenvalue weighted by molar-refractivity contribution is 7.89. The van der Waals surface area contributed by atoms with Crippen LogP contribution < -0.4 is 19.9 Å². The Labute approximate surface area is 151 Å². The third kappa shape index (κ3) is 4.64. The molecule has 8 nitrogen and oxygen atoms in total. The van der Waals surface area contributed by atoms with E-state index < -0.39 is 16.0 Å². The molecule has 0 aromatic heterocycles. The molecule has 0 unspecified atom stereocenters. The van der Waals surface area contributed by atoms with Gasteiger partial charge in [-0.25, -0.2) is 18.4 Å². The number of methoxy groups -OCH3 is 2. The normalized spacial score (nSPS) is 11.0. The van der Waals surface area contributed by atoms with Crippen LogP contribution in [0.5, 0.6) is 11.5 Å². The number of rotatable bonds is 8. The van der Waals surface area contributed by atoms with E-state index in [1.54, 1.807) is 20.3 Å². The molecule has 2 aromatic carbocycles. The van der Waals surface area contributed by atoms with E-state index in [1.165, 1.54) is 12.1 Å². The molecule has 0 spiro atoms. The fourth-order valence-corrected chi connectivity index (χ4v) is 3.15. The highest BCUT2D eigenvalue weighted by Gasteiger charge is 2.17. The molecule has 0 atom stereocenters. The summed E-state index contributed by atoms with van der Waals surface area (Å²) in [7, 11) is -0.972. The van der Waals surface area contributed by atoms with E-state index in [-0.39, 0.29) is 16.1 Å². The number of sulfonamides is 1. The number of ether oxygens (including phenoxy) is 2. The number of carboxylic acids is 1. The van der Waals surface area contributed by atoms with Crippen molar-refractivity contribution in [2.24, 2.45) is 5.14 Å². The number of nitrogens with one attached hydrogen (secondary N) is 1. The Kier molecular flexibility index (Phi) is 6.06. The second-order valence-electron chi connectivity index (χ2n) is 5.43. The van der Waals surface area contributed by atoms with Crippen molar-refractivity contribution in [1.29, 1.82) is 0 Å². The lowest BCUT2D eigenvalue weighted by Gasteiger charge is -2.13. The summed E-state index contributed by atoms with van der Waals surface area (Å²) in [4.78, 5) is 10.8. The molecule has 0 radical (unpaired) electrons. The number of nitrogens with two attached hydrogens (primary N) is 1. The Bertz CT molecular complexity index is 911. The van der Waals surface area contributed by atoms with Gasteiger partial charge in [-0.3, -0.25) is 0 Å². The quantitative estimate of drug-likeness (QED) is 0.636. The van der Waals surface area contributed by atoms with E-state index in [1.807, 2.05) is 12.1 Å². The third-order valence-electron chi connectivity index (χ3n) is 3.71. The predicted octanol–water partition coefficient (Wildman–Crippen LogP) is 1.70. The molecular formula is C17H20N2O6S. The summed E-state index contributed by atoms with van der Waals surface area (Å²) < 4.78 is 33.9. The molecule has 2 aromatic rings. The first kappa shape index (κ1) is 19.5. The zero-order valence-corrected chi connectivity index (χ0v) is 15.2. The van der Waals surface area contributed by atoms with E-state index >= 15 is 0 Å². The van der Waals surface area contributed by atoms with Crippen LogP contribution in [0.3, 0.4) is 0 Å². The van der Waals surface area contributed by atoms with Crippen molar-refractivity contribution in [1.82, 2.24) is 0 Å². The van der Waals surface area contributed by atoms with Crippen LogP contribution in [0.1, 0.15) is 15.9 Å². The second-order valence-corrected chi connectivity index (χ2v) is 6.96. The molecule has 2 rings (SSSR count). The van der Waals surface area contributed by atoms with Gasteiger partial charge in [0.05, 0.1) is 25.5 Å². The van der Waals surface area contributed by atoms with Gasteiger partial charge in [0.25, 0.3) is 0 Å². The molecule has 4 N–H and O–H groups in total. The monoisotopic (exact) mass is 380 g/mol. The summed E-state index contributed by atoms with van der Waals surface area (Å²) in [5.74, 6) is -0.0159. The molecular weight excluding hydrogens is 360 g/mol. The van der Waals surface area contributed by atoms with Crippen LogP contribution in [0.25, 0.3) is 0 Å². The van der Waals surface area contributed by atoms with E-state index in [0.29, 0.717) is 24.5 Å². The molecule has 0 bridgehead atoms. The van der Waals surface area contributed by atoms with E-state index in [2.05, 4.69) is 5.32 Å². The Morgan fingerprint density at radius 2 is 1.81 bits per heavy atom. The SMILES string of the molecule is COc1ccc(CCNc2ccc(C(=O)O)cc2S(N)(=O)=O)cc1OC. The van der Waals surface area contributed by atoms with Crippen LogP contribution in [0, 0.1) is 0 Å². The maximum Gasteiger partial charge on any atom is 0.335 e. The van der Waals surface area contributed by atoms with Crippen LogP contribution in [0.4, 0.5) is 5.69 Å². The Morgan fingerprint density at radius 3 is 2.38 bits per heavy atom. The second kappa shape index (κ2) is 8.07. The largest absolute Gasteiger partial charge is 0.493 e. The minimum absolute atomic E-state index is 0.153. The number of anilines is 1. The van der Waals surface area contributed by atoms with Gasteiger partial charge in [0.15, 0.2) is 11.5 Å². The van der Waals surface area contributed by atoms with Gasteiger partial charge in [-0.15, -0.1) is 0 Å². The maximum absolute atomic E-state index is 11.7. The number of carboxylic acid groups (broad SMARTS) is 1. The maximum atomic E-state index is 11.7. The van der Waals surface area contributed by atoms with Gasteiger partial charge in [0, 0.05) is 6.54 Å². The lowest BCUT2D eigenvalue weighted by atomic mass is 10.1. The summed E-state index contributed by atoms with van der Waals surface area (Å²) >= 11 is 0. The van der Waals surface area contributed by atoms with Crippen molar-refractivity contribution in [3.8, 4) is 11.5 Å². The lowest BCUT2D eigenvalue weighted by molar-refractivity contribution is 0.0696. The Hall–Kier alpha value is -2.78. The highest BCUT2D eigenvalue weighted by Crippen LogP contribution is 2.28. The number of primary sulfonamides is 1. The fraction of sp³-hybridized carbons (Fsp3) is 0.235. The van der Waals surface area contributed by atoms with Gasteiger partial charge in [-0.1, -0.05) is 6.07 Å². The van der Waals surface area contributed by atoms with Gasteiger partial charge >= 0.3 is 5.97 Å². The topological polar surface area (TPSA) is 128 Å².